The molecule has 0 amide bonds. The third-order valence-electron chi connectivity index (χ3n) is 24.2. The number of fused-ring (bicyclic) bond motifs is 12. The van der Waals surface area contributed by atoms with Gasteiger partial charge in [0.1, 0.15) is 0 Å². The maximum absolute atomic E-state index is 15.9. The Labute approximate surface area is 848 Å². The molecule has 0 saturated heterocycles. The summed E-state index contributed by atoms with van der Waals surface area (Å²) in [5, 5.41) is 5.52. The first-order valence-corrected chi connectivity index (χ1v) is 46.3. The van der Waals surface area contributed by atoms with Gasteiger partial charge >= 0.3 is 0 Å². The minimum atomic E-state index is -0.255. The molecule has 0 aliphatic rings. The maximum atomic E-state index is 15.9. The van der Waals surface area contributed by atoms with Crippen molar-refractivity contribution in [2.24, 2.45) is 0 Å². The second-order valence-electron chi connectivity index (χ2n) is 33.7. The molecule has 17 aromatic rings. The van der Waals surface area contributed by atoms with Crippen LogP contribution in [0.3, 0.4) is 0 Å². The van der Waals surface area contributed by atoms with Gasteiger partial charge in [0.25, 0.3) is 0 Å². The predicted molar refractivity (Wildman–Crippen MR) is 523 cm³/mol. The normalized spacial score (nSPS) is 10.8. The summed E-state index contributed by atoms with van der Waals surface area (Å²) in [7, 11) is 0. The maximum Gasteiger partial charge on any atom is 0.0612 e. The zero-order chi connectivity index (χ0) is 89.1. The van der Waals surface area contributed by atoms with Crippen molar-refractivity contribution >= 4 is 54.6 Å². The molecule has 0 N–H and O–H groups in total. The second-order valence-corrected chi connectivity index (χ2v) is 33.7. The van der Waals surface area contributed by atoms with Gasteiger partial charge in [0.2, 0.25) is 0 Å². The molecule has 0 spiro atoms. The van der Waals surface area contributed by atoms with Crippen molar-refractivity contribution in [2.45, 2.75) is 230 Å². The molecule has 0 fully saturated rings. The largest absolute Gasteiger partial charge is 0.340 e. The number of halogens is 4. The Morgan fingerprint density at radius 3 is 1.26 bits per heavy atom. The van der Waals surface area contributed by atoms with Crippen molar-refractivity contribution in [3.05, 3.63) is 352 Å². The Kier molecular flexibility index (Phi) is 44.8. The minimum absolute atomic E-state index is 0. The van der Waals surface area contributed by atoms with E-state index < -0.39 is 0 Å². The van der Waals surface area contributed by atoms with E-state index in [1.807, 2.05) is 80.7 Å². The Morgan fingerprint density at radius 1 is 0.341 bits per heavy atom. The van der Waals surface area contributed by atoms with E-state index in [1.165, 1.54) is 147 Å². The smallest absolute Gasteiger partial charge is 0.0612 e. The first kappa shape index (κ1) is 108. The molecule has 7 heterocycles. The number of benzene rings is 10. The first-order chi connectivity index (χ1) is 62.0. The number of aryl methyl sites for hydroxylation is 10. The van der Waals surface area contributed by atoms with Gasteiger partial charge in [0.05, 0.1) is 11.3 Å². The molecule has 7 aromatic heterocycles. The zero-order valence-electron chi connectivity index (χ0n) is 77.8. The van der Waals surface area contributed by atoms with Crippen LogP contribution in [0.15, 0.2) is 237 Å². The van der Waals surface area contributed by atoms with Gasteiger partial charge in [-0.25, -0.2) is 0 Å². The fourth-order valence-electron chi connectivity index (χ4n) is 17.0. The molecule has 0 unspecified atom stereocenters. The molecule has 16 heteroatoms. The van der Waals surface area contributed by atoms with E-state index in [9.17, 15) is 8.78 Å². The fraction of sp³-hybridized carbons (Fsp3) is 0.302. The summed E-state index contributed by atoms with van der Waals surface area (Å²) in [4.78, 5) is 22.5. The number of hydrogen-bond donors (Lipinski definition) is 0. The van der Waals surface area contributed by atoms with Crippen molar-refractivity contribution < 1.29 is 118 Å². The zero-order valence-corrected chi connectivity index (χ0v) is 89.8. The van der Waals surface area contributed by atoms with Gasteiger partial charge in [-0.1, -0.05) is 328 Å². The second kappa shape index (κ2) is 54.5. The van der Waals surface area contributed by atoms with Crippen LogP contribution in [0, 0.1) is 88.2 Å². The predicted octanol–water partition coefficient (Wildman–Crippen LogP) is 32.0. The molecule has 0 aliphatic carbocycles. The summed E-state index contributed by atoms with van der Waals surface area (Å²) >= 11 is 0. The summed E-state index contributed by atoms with van der Waals surface area (Å²) in [5.41, 5.74) is 26.6. The number of imidazole rings is 2. The molecule has 5 radical (unpaired) electrons. The number of unbranched alkanes of at least 4 members (excludes halogenated alkanes) is 12. The number of aromatic nitrogens is 7. The van der Waals surface area contributed by atoms with Crippen molar-refractivity contribution in [1.29, 1.82) is 0 Å². The van der Waals surface area contributed by atoms with Crippen LogP contribution in [0.4, 0.5) is 17.6 Å². The number of para-hydroxylation sites is 1. The fourth-order valence-corrected chi connectivity index (χ4v) is 17.0. The standard InChI is InChI=1S/C40H42FN2.C30H30FN2.C16H18N.2C15H15FN.5Ir/c1-4-6-8-10-13-29-17-21-31(22-18-29)33-15-12-16-34-38-35(40-42-28(3)27-43(40)39(33)34)25-26-36(41)37(38)32-23-19-30(20-24-32)14-11-9-7-5-2;1-5-6-7-8-9-22-10-12-23(13-11-22)28-26(31)15-14-24-29(28)25-16-19(2)20(3)17-27(25)33-18-21(4)32-30(24)33;1-3-4-8-14-9-7-10-15(13(14)2)16-11-5-6-12-17-16;1-2-3-7-12-8-6-9-13(15(12)16)14-10-4-5-11-17-14;1-2-3-6-12-11-13(8-9-14(12)16)15-7-4-5-10-17-15;;;;;/h12,15-24,26-27H,4-11,13-14H2,1-3H3;10-13,15-18H,5-9H2,1-4H3;5-7,9,11-12H,3-4,8H2,1-2H3;4-6,8,10-11H,2-3,7H2,1H3;4-5,7,9-11H,2-3,6H2,1H3;;;;;/q5*-1;;;;;. The van der Waals surface area contributed by atoms with Crippen LogP contribution >= 0.6 is 0 Å². The number of rotatable bonds is 30. The number of hydrogen-bond acceptors (Lipinski definition) is 5. The van der Waals surface area contributed by atoms with Crippen LogP contribution in [0.5, 0.6) is 0 Å². The van der Waals surface area contributed by atoms with Crippen LogP contribution in [0.25, 0.3) is 122 Å². The summed E-state index contributed by atoms with van der Waals surface area (Å²) in [6.45, 7) is 23.6. The molecule has 7 nitrogen and oxygen atoms in total. The quantitative estimate of drug-likeness (QED) is 0.0194. The van der Waals surface area contributed by atoms with E-state index in [4.69, 9.17) is 9.97 Å². The van der Waals surface area contributed by atoms with E-state index in [2.05, 4.69) is 238 Å². The van der Waals surface area contributed by atoms with Gasteiger partial charge < -0.3 is 23.8 Å². The van der Waals surface area contributed by atoms with Crippen LogP contribution < -0.4 is 0 Å². The van der Waals surface area contributed by atoms with Crippen LogP contribution in [-0.2, 0) is 139 Å². The summed E-state index contributed by atoms with van der Waals surface area (Å²) in [5.74, 6) is -0.849. The molecule has 697 valence electrons. The van der Waals surface area contributed by atoms with Crippen LogP contribution in [0.2, 0.25) is 0 Å². The Hall–Kier alpha value is -8.96. The van der Waals surface area contributed by atoms with Gasteiger partial charge in [-0.3, -0.25) is 27.5 Å². The SMILES string of the molecule is CCCCCCc1ccc(-c2c(F)c[c-]c3c2c2cc(C)c(C)cc2n2cc(C)nc32)cc1.CCCCCCc1ccc(-c2c(F)c[c-]c3c2c2cccc(-c4ccc(CCCCCC)cc4)c2n2cc(C)nc32)cc1.CCCCc1cc(-c2ccccn2)[c-]cc1F.CCCCc1cc[c-]c(-c2ccccn2)c1C.CCCCc1cc[c-]c(-c2ccccn2)c1F.[Ir].[Ir].[Ir].[Ir].[Ir]. The van der Waals surface area contributed by atoms with Crippen LogP contribution in [0.1, 0.15) is 219 Å². The molecule has 10 aromatic carbocycles. The Bertz CT molecular complexity index is 6370. The third-order valence-corrected chi connectivity index (χ3v) is 24.2. The van der Waals surface area contributed by atoms with Gasteiger partial charge in [0, 0.05) is 183 Å². The Balaban J connectivity index is 0.000000214. The number of nitrogens with zero attached hydrogens (tertiary/aromatic N) is 7. The van der Waals surface area contributed by atoms with Crippen molar-refractivity contribution in [1.82, 2.24) is 33.7 Å². The van der Waals surface area contributed by atoms with E-state index in [0.717, 1.165) is 186 Å². The Morgan fingerprint density at radius 2 is 0.765 bits per heavy atom. The number of pyridine rings is 5. The van der Waals surface area contributed by atoms with Gasteiger partial charge in [-0.2, -0.15) is 0 Å². The molecule has 0 saturated carbocycles. The van der Waals surface area contributed by atoms with E-state index in [1.54, 1.807) is 30.6 Å². The molecular weight excluding hydrogens is 2530 g/mol. The molecule has 0 bridgehead atoms. The molecule has 0 aliphatic heterocycles. The van der Waals surface area contributed by atoms with E-state index in [0.29, 0.717) is 22.4 Å². The summed E-state index contributed by atoms with van der Waals surface area (Å²) in [6.07, 6.45) is 36.9. The van der Waals surface area contributed by atoms with Gasteiger partial charge in [-0.05, 0) is 182 Å². The molecule has 132 heavy (non-hydrogen) atoms. The van der Waals surface area contributed by atoms with Crippen molar-refractivity contribution in [3.63, 3.8) is 0 Å². The molecule has 17 rings (SSSR count). The average molecular weight is 2650 g/mol. The van der Waals surface area contributed by atoms with Gasteiger partial charge in [-0.15, -0.1) is 101 Å². The van der Waals surface area contributed by atoms with E-state index >= 15 is 8.78 Å². The third kappa shape index (κ3) is 27.5. The average Bonchev–Trinajstić information content (AvgIpc) is 1.41. The first-order valence-electron chi connectivity index (χ1n) is 46.3. The topological polar surface area (TPSA) is 73.3 Å². The summed E-state index contributed by atoms with van der Waals surface area (Å²) < 4.78 is 63.4. The van der Waals surface area contributed by atoms with Crippen molar-refractivity contribution in [2.75, 3.05) is 0 Å². The van der Waals surface area contributed by atoms with E-state index in [-0.39, 0.29) is 124 Å². The monoisotopic (exact) mass is 2650 g/mol. The van der Waals surface area contributed by atoms with Gasteiger partial charge in [0.15, 0.2) is 0 Å². The van der Waals surface area contributed by atoms with Crippen molar-refractivity contribution in [3.8, 4) is 67.2 Å². The molecular formula is C116H120F4Ir5N7-5. The molecule has 0 atom stereocenters. The minimum Gasteiger partial charge on any atom is -0.340 e. The summed E-state index contributed by atoms with van der Waals surface area (Å²) in [6, 6.07) is 83.5. The van der Waals surface area contributed by atoms with Crippen LogP contribution in [-0.4, -0.2) is 33.7 Å².